The maximum Gasteiger partial charge on any atom is 0.232 e. The molecule has 0 radical (unpaired) electrons. The molecular weight excluding hydrogens is 383 g/mol. The summed E-state index contributed by atoms with van der Waals surface area (Å²) in [6, 6.07) is 13.5. The number of nitrogens with one attached hydrogen (secondary N) is 1. The molecule has 2 rings (SSSR count). The topological polar surface area (TPSA) is 66.5 Å². The molecular formula is C17H18Cl2N2O3S. The zero-order chi connectivity index (χ0) is 18.4. The predicted molar refractivity (Wildman–Crippen MR) is 103 cm³/mol. The van der Waals surface area contributed by atoms with Crippen LogP contribution < -0.4 is 9.62 Å². The Morgan fingerprint density at radius 3 is 2.48 bits per heavy atom. The zero-order valence-electron chi connectivity index (χ0n) is 13.6. The van der Waals surface area contributed by atoms with Gasteiger partial charge in [-0.25, -0.2) is 8.42 Å². The fourth-order valence-corrected chi connectivity index (χ4v) is 3.60. The van der Waals surface area contributed by atoms with Gasteiger partial charge in [0.2, 0.25) is 15.9 Å². The van der Waals surface area contributed by atoms with Gasteiger partial charge in [-0.2, -0.15) is 0 Å². The quantitative estimate of drug-likeness (QED) is 0.757. The Labute approximate surface area is 157 Å². The van der Waals surface area contributed by atoms with E-state index >= 15 is 0 Å². The predicted octanol–water partition coefficient (Wildman–Crippen LogP) is 4.18. The number of sulfonamides is 1. The van der Waals surface area contributed by atoms with E-state index in [4.69, 9.17) is 23.2 Å². The molecule has 8 heteroatoms. The molecule has 25 heavy (non-hydrogen) atoms. The molecule has 0 saturated carbocycles. The van der Waals surface area contributed by atoms with Crippen molar-refractivity contribution in [1.29, 1.82) is 0 Å². The van der Waals surface area contributed by atoms with E-state index in [0.29, 0.717) is 27.8 Å². The van der Waals surface area contributed by atoms with E-state index in [-0.39, 0.29) is 18.9 Å². The van der Waals surface area contributed by atoms with E-state index in [2.05, 4.69) is 5.32 Å². The molecule has 0 fully saturated rings. The van der Waals surface area contributed by atoms with Crippen LogP contribution in [0, 0.1) is 0 Å². The molecule has 1 N–H and O–H groups in total. The van der Waals surface area contributed by atoms with Crippen molar-refractivity contribution in [3.8, 4) is 0 Å². The van der Waals surface area contributed by atoms with Crippen LogP contribution in [0.1, 0.15) is 12.8 Å². The Bertz CT molecular complexity index is 856. The number of nitrogens with zero attached hydrogens (tertiary/aromatic N) is 1. The molecule has 0 atom stereocenters. The maximum absolute atomic E-state index is 12.0. The number of halogens is 2. The highest BCUT2D eigenvalue weighted by Gasteiger charge is 2.18. The van der Waals surface area contributed by atoms with Crippen LogP contribution in [0.4, 0.5) is 11.4 Å². The first-order valence-corrected chi connectivity index (χ1v) is 10.2. The molecule has 1 amide bonds. The zero-order valence-corrected chi connectivity index (χ0v) is 15.9. The van der Waals surface area contributed by atoms with Gasteiger partial charge in [-0.05, 0) is 36.8 Å². The molecule has 0 unspecified atom stereocenters. The summed E-state index contributed by atoms with van der Waals surface area (Å²) in [6.07, 6.45) is 1.64. The van der Waals surface area contributed by atoms with Crippen molar-refractivity contribution in [3.63, 3.8) is 0 Å². The molecule has 0 heterocycles. The van der Waals surface area contributed by atoms with Gasteiger partial charge in [0, 0.05) is 18.0 Å². The van der Waals surface area contributed by atoms with E-state index < -0.39 is 10.0 Å². The molecule has 0 aliphatic heterocycles. The van der Waals surface area contributed by atoms with Gasteiger partial charge in [0.25, 0.3) is 0 Å². The average molecular weight is 401 g/mol. The molecule has 0 aliphatic rings. The van der Waals surface area contributed by atoms with Crippen LogP contribution in [0.3, 0.4) is 0 Å². The van der Waals surface area contributed by atoms with Gasteiger partial charge in [-0.1, -0.05) is 41.4 Å². The average Bonchev–Trinajstić information content (AvgIpc) is 2.52. The molecule has 0 spiro atoms. The second-order valence-electron chi connectivity index (χ2n) is 5.45. The first-order chi connectivity index (χ1) is 11.8. The molecule has 134 valence electrons. The van der Waals surface area contributed by atoms with Crippen molar-refractivity contribution in [2.45, 2.75) is 12.8 Å². The fourth-order valence-electron chi connectivity index (χ4n) is 2.28. The van der Waals surface area contributed by atoms with Crippen molar-refractivity contribution >= 4 is 50.5 Å². The third-order valence-corrected chi connectivity index (χ3v) is 5.17. The summed E-state index contributed by atoms with van der Waals surface area (Å²) >= 11 is 11.9. The van der Waals surface area contributed by atoms with Gasteiger partial charge in [0.05, 0.1) is 22.7 Å². The third-order valence-electron chi connectivity index (χ3n) is 3.41. The molecule has 0 aliphatic carbocycles. The first-order valence-electron chi connectivity index (χ1n) is 7.55. The second-order valence-corrected chi connectivity index (χ2v) is 8.20. The Morgan fingerprint density at radius 2 is 1.84 bits per heavy atom. The monoisotopic (exact) mass is 400 g/mol. The van der Waals surface area contributed by atoms with Gasteiger partial charge in [0.15, 0.2) is 0 Å². The van der Waals surface area contributed by atoms with E-state index in [9.17, 15) is 13.2 Å². The van der Waals surface area contributed by atoms with Crippen LogP contribution >= 0.6 is 23.2 Å². The highest BCUT2D eigenvalue weighted by Crippen LogP contribution is 2.23. The summed E-state index contributed by atoms with van der Waals surface area (Å²) in [5.74, 6) is -0.229. The number of carbonyl (C=O) groups is 1. The smallest absolute Gasteiger partial charge is 0.232 e. The lowest BCUT2D eigenvalue weighted by Gasteiger charge is -2.22. The minimum Gasteiger partial charge on any atom is -0.325 e. The Hall–Kier alpha value is -1.76. The second kappa shape index (κ2) is 8.56. The summed E-state index contributed by atoms with van der Waals surface area (Å²) in [7, 11) is -3.48. The summed E-state index contributed by atoms with van der Waals surface area (Å²) in [5, 5.41) is 3.61. The maximum atomic E-state index is 12.0. The van der Waals surface area contributed by atoms with Crippen LogP contribution in [0.15, 0.2) is 48.5 Å². The van der Waals surface area contributed by atoms with Crippen LogP contribution in [-0.2, 0) is 14.8 Å². The minimum atomic E-state index is -3.48. The number of para-hydroxylation sites is 1. The lowest BCUT2D eigenvalue weighted by atomic mass is 10.2. The van der Waals surface area contributed by atoms with Crippen LogP contribution in [0.5, 0.6) is 0 Å². The summed E-state index contributed by atoms with van der Waals surface area (Å²) in [6.45, 7) is 0.176. The Balaban J connectivity index is 1.97. The molecule has 2 aromatic rings. The SMILES string of the molecule is CS(=O)(=O)N(CCCC(=O)Nc1ccccc1Cl)c1cccc(Cl)c1. The number of benzene rings is 2. The Kier molecular flexibility index (Phi) is 6.70. The van der Waals surface area contributed by atoms with Crippen molar-refractivity contribution in [2.24, 2.45) is 0 Å². The number of amides is 1. The highest BCUT2D eigenvalue weighted by molar-refractivity contribution is 7.92. The highest BCUT2D eigenvalue weighted by atomic mass is 35.5. The number of carbonyl (C=O) groups excluding carboxylic acids is 1. The number of hydrogen-bond acceptors (Lipinski definition) is 3. The summed E-state index contributed by atoms with van der Waals surface area (Å²) in [4.78, 5) is 12.0. The third kappa shape index (κ3) is 5.92. The van der Waals surface area contributed by atoms with Crippen molar-refractivity contribution < 1.29 is 13.2 Å². The van der Waals surface area contributed by atoms with Crippen molar-refractivity contribution in [2.75, 3.05) is 22.4 Å². The lowest BCUT2D eigenvalue weighted by Crippen LogP contribution is -2.31. The van der Waals surface area contributed by atoms with Gasteiger partial charge in [-0.15, -0.1) is 0 Å². The van der Waals surface area contributed by atoms with Crippen molar-refractivity contribution in [1.82, 2.24) is 0 Å². The molecule has 0 saturated heterocycles. The molecule has 5 nitrogen and oxygen atoms in total. The van der Waals surface area contributed by atoms with Crippen molar-refractivity contribution in [3.05, 3.63) is 58.6 Å². The van der Waals surface area contributed by atoms with E-state index in [0.717, 1.165) is 6.26 Å². The largest absolute Gasteiger partial charge is 0.325 e. The van der Waals surface area contributed by atoms with Gasteiger partial charge >= 0.3 is 0 Å². The molecule has 2 aromatic carbocycles. The molecule has 0 aromatic heterocycles. The van der Waals surface area contributed by atoms with Gasteiger partial charge in [0.1, 0.15) is 0 Å². The minimum absolute atomic E-state index is 0.164. The molecule has 0 bridgehead atoms. The lowest BCUT2D eigenvalue weighted by molar-refractivity contribution is -0.116. The van der Waals surface area contributed by atoms with Gasteiger partial charge in [-0.3, -0.25) is 9.10 Å². The normalized spacial score (nSPS) is 11.2. The number of anilines is 2. The number of hydrogen-bond donors (Lipinski definition) is 1. The van der Waals surface area contributed by atoms with E-state index in [1.807, 2.05) is 0 Å². The van der Waals surface area contributed by atoms with E-state index in [1.54, 1.807) is 48.5 Å². The standard InChI is InChI=1S/C17H18Cl2N2O3S/c1-25(23,24)21(14-7-4-6-13(18)12-14)11-5-10-17(22)20-16-9-3-2-8-15(16)19/h2-4,6-9,12H,5,10-11H2,1H3,(H,20,22). The fraction of sp³-hybridized carbons (Fsp3) is 0.235. The Morgan fingerprint density at radius 1 is 1.12 bits per heavy atom. The van der Waals surface area contributed by atoms with Gasteiger partial charge < -0.3 is 5.32 Å². The summed E-state index contributed by atoms with van der Waals surface area (Å²) in [5.41, 5.74) is 1.01. The first kappa shape index (κ1) is 19.6. The van der Waals surface area contributed by atoms with Crippen LogP contribution in [-0.4, -0.2) is 27.1 Å². The summed E-state index contributed by atoms with van der Waals surface area (Å²) < 4.78 is 25.3. The van der Waals surface area contributed by atoms with E-state index in [1.165, 1.54) is 4.31 Å². The van der Waals surface area contributed by atoms with Crippen LogP contribution in [0.25, 0.3) is 0 Å². The number of rotatable bonds is 7. The van der Waals surface area contributed by atoms with Crippen LogP contribution in [0.2, 0.25) is 10.0 Å².